The minimum atomic E-state index is -1.02. The molecule has 1 N–H and O–H groups in total. The Balaban J connectivity index is 1.53. The quantitative estimate of drug-likeness (QED) is 0.747. The lowest BCUT2D eigenvalue weighted by Gasteiger charge is -2.30. The Morgan fingerprint density at radius 1 is 1.28 bits per heavy atom. The molecule has 2 aliphatic rings. The third-order valence-corrected chi connectivity index (χ3v) is 6.95. The summed E-state index contributed by atoms with van der Waals surface area (Å²) in [7, 11) is 1.66. The zero-order chi connectivity index (χ0) is 22.8. The summed E-state index contributed by atoms with van der Waals surface area (Å²) >= 11 is 0. The molecule has 0 bridgehead atoms. The van der Waals surface area contributed by atoms with Gasteiger partial charge in [0.05, 0.1) is 17.7 Å². The Kier molecular flexibility index (Phi) is 6.38. The van der Waals surface area contributed by atoms with Crippen molar-refractivity contribution in [2.45, 2.75) is 63.8 Å². The summed E-state index contributed by atoms with van der Waals surface area (Å²) in [6.07, 6.45) is 2.58. The third kappa shape index (κ3) is 4.05. The van der Waals surface area contributed by atoms with Gasteiger partial charge >= 0.3 is 6.09 Å². The van der Waals surface area contributed by atoms with Crippen LogP contribution in [0, 0.1) is 11.3 Å². The van der Waals surface area contributed by atoms with Crippen molar-refractivity contribution < 1.29 is 19.4 Å². The maximum Gasteiger partial charge on any atom is 0.407 e. The van der Waals surface area contributed by atoms with E-state index in [1.807, 2.05) is 23.1 Å². The number of likely N-dealkylation sites (tertiary alicyclic amines) is 2. The van der Waals surface area contributed by atoms with Gasteiger partial charge in [-0.1, -0.05) is 6.07 Å². The molecule has 2 aromatic rings. The summed E-state index contributed by atoms with van der Waals surface area (Å²) in [5.41, 5.74) is 2.88. The maximum atomic E-state index is 13.3. The van der Waals surface area contributed by atoms with Gasteiger partial charge < -0.3 is 19.3 Å². The number of aryl methyl sites for hydroxylation is 2. The zero-order valence-corrected chi connectivity index (χ0v) is 18.7. The first-order valence-electron chi connectivity index (χ1n) is 11.3. The first kappa shape index (κ1) is 22.2. The lowest BCUT2D eigenvalue weighted by atomic mass is 10.1. The number of carboxylic acid groups (broad SMARTS) is 1. The SMILES string of the molecule is CCn1c(CCC2CC(OC)CN2C(=O)[C@H]2CCCN2C(=O)O)cc2ccc(C#N)cc21. The molecule has 8 nitrogen and oxygen atoms in total. The molecule has 170 valence electrons. The van der Waals surface area contributed by atoms with Crippen LogP contribution in [0.1, 0.15) is 43.9 Å². The van der Waals surface area contributed by atoms with Gasteiger partial charge in [0.25, 0.3) is 0 Å². The average Bonchev–Trinajstić information content (AvgIpc) is 3.52. The minimum absolute atomic E-state index is 0.0154. The van der Waals surface area contributed by atoms with Gasteiger partial charge in [-0.25, -0.2) is 4.79 Å². The molecule has 32 heavy (non-hydrogen) atoms. The van der Waals surface area contributed by atoms with Gasteiger partial charge in [0.15, 0.2) is 0 Å². The molecule has 1 aromatic carbocycles. The average molecular weight is 439 g/mol. The number of ether oxygens (including phenoxy) is 1. The highest BCUT2D eigenvalue weighted by Gasteiger charge is 2.42. The topological polar surface area (TPSA) is 98.8 Å². The Morgan fingerprint density at radius 2 is 2.09 bits per heavy atom. The van der Waals surface area contributed by atoms with E-state index in [1.165, 1.54) is 10.6 Å². The van der Waals surface area contributed by atoms with Crippen molar-refractivity contribution in [2.24, 2.45) is 0 Å². The van der Waals surface area contributed by atoms with Crippen molar-refractivity contribution in [1.29, 1.82) is 5.26 Å². The van der Waals surface area contributed by atoms with Gasteiger partial charge in [-0.2, -0.15) is 5.26 Å². The van der Waals surface area contributed by atoms with Crippen LogP contribution in [0.4, 0.5) is 4.79 Å². The Morgan fingerprint density at radius 3 is 2.78 bits per heavy atom. The number of carbonyl (C=O) groups is 2. The number of hydrogen-bond donors (Lipinski definition) is 1. The van der Waals surface area contributed by atoms with E-state index in [1.54, 1.807) is 7.11 Å². The Bertz CT molecular complexity index is 1060. The summed E-state index contributed by atoms with van der Waals surface area (Å²) in [6, 6.07) is 9.55. The van der Waals surface area contributed by atoms with Gasteiger partial charge in [0, 0.05) is 44.0 Å². The molecular formula is C24H30N4O4. The highest BCUT2D eigenvalue weighted by molar-refractivity contribution is 5.86. The van der Waals surface area contributed by atoms with Crippen molar-refractivity contribution in [2.75, 3.05) is 20.2 Å². The lowest BCUT2D eigenvalue weighted by molar-refractivity contribution is -0.136. The molecule has 2 saturated heterocycles. The minimum Gasteiger partial charge on any atom is -0.465 e. The smallest absolute Gasteiger partial charge is 0.407 e. The normalized spacial score (nSPS) is 23.1. The van der Waals surface area contributed by atoms with Crippen LogP contribution in [0.3, 0.4) is 0 Å². The van der Waals surface area contributed by atoms with Gasteiger partial charge in [-0.3, -0.25) is 9.69 Å². The van der Waals surface area contributed by atoms with E-state index in [-0.39, 0.29) is 18.1 Å². The third-order valence-electron chi connectivity index (χ3n) is 6.95. The van der Waals surface area contributed by atoms with Crippen molar-refractivity contribution >= 4 is 22.9 Å². The molecule has 0 saturated carbocycles. The fourth-order valence-electron chi connectivity index (χ4n) is 5.31. The first-order valence-corrected chi connectivity index (χ1v) is 11.3. The molecule has 0 aliphatic carbocycles. The number of benzene rings is 1. The zero-order valence-electron chi connectivity index (χ0n) is 18.7. The number of fused-ring (bicyclic) bond motifs is 1. The number of hydrogen-bond acceptors (Lipinski definition) is 4. The highest BCUT2D eigenvalue weighted by atomic mass is 16.5. The largest absolute Gasteiger partial charge is 0.465 e. The maximum absolute atomic E-state index is 13.3. The number of rotatable bonds is 6. The van der Waals surface area contributed by atoms with Crippen LogP contribution in [0.2, 0.25) is 0 Å². The van der Waals surface area contributed by atoms with E-state index >= 15 is 0 Å². The molecule has 2 aliphatic heterocycles. The predicted octanol–water partition coefficient (Wildman–Crippen LogP) is 3.22. The van der Waals surface area contributed by atoms with E-state index < -0.39 is 12.1 Å². The molecule has 3 heterocycles. The van der Waals surface area contributed by atoms with Gasteiger partial charge in [0.2, 0.25) is 5.91 Å². The summed E-state index contributed by atoms with van der Waals surface area (Å²) in [5.74, 6) is -0.0934. The second kappa shape index (κ2) is 9.21. The molecular weight excluding hydrogens is 408 g/mol. The number of carbonyl (C=O) groups excluding carboxylic acids is 1. The number of nitriles is 1. The number of nitrogens with zero attached hydrogens (tertiary/aromatic N) is 4. The molecule has 2 amide bonds. The molecule has 2 unspecified atom stereocenters. The molecule has 0 spiro atoms. The van der Waals surface area contributed by atoms with Crippen LogP contribution >= 0.6 is 0 Å². The summed E-state index contributed by atoms with van der Waals surface area (Å²) in [4.78, 5) is 28.0. The summed E-state index contributed by atoms with van der Waals surface area (Å²) in [6.45, 7) is 3.82. The number of aromatic nitrogens is 1. The fourth-order valence-corrected chi connectivity index (χ4v) is 5.31. The Hall–Kier alpha value is -3.05. The predicted molar refractivity (Wildman–Crippen MR) is 119 cm³/mol. The van der Waals surface area contributed by atoms with Crippen molar-refractivity contribution in [3.8, 4) is 6.07 Å². The van der Waals surface area contributed by atoms with Gasteiger partial charge in [0.1, 0.15) is 6.04 Å². The fraction of sp³-hybridized carbons (Fsp3) is 0.542. The standard InChI is InChI=1S/C24H30N4O4/c1-3-26-18(12-17-7-6-16(14-25)11-22(17)26)8-9-19-13-20(32-2)15-28(19)23(29)21-5-4-10-27(21)24(30)31/h6-7,11-12,19-21H,3-5,8-10,13,15H2,1-2H3,(H,30,31)/t19?,20?,21-/m1/s1. The molecule has 1 aromatic heterocycles. The summed E-state index contributed by atoms with van der Waals surface area (Å²) in [5, 5.41) is 19.8. The number of methoxy groups -OCH3 is 1. The van der Waals surface area contributed by atoms with Crippen LogP contribution in [-0.4, -0.2) is 69.9 Å². The van der Waals surface area contributed by atoms with Crippen LogP contribution < -0.4 is 0 Å². The van der Waals surface area contributed by atoms with Gasteiger partial charge in [-0.05, 0) is 62.6 Å². The lowest BCUT2D eigenvalue weighted by Crippen LogP contribution is -2.49. The van der Waals surface area contributed by atoms with Crippen molar-refractivity contribution in [1.82, 2.24) is 14.4 Å². The van der Waals surface area contributed by atoms with Crippen molar-refractivity contribution in [3.63, 3.8) is 0 Å². The monoisotopic (exact) mass is 438 g/mol. The van der Waals surface area contributed by atoms with Crippen LogP contribution in [0.15, 0.2) is 24.3 Å². The van der Waals surface area contributed by atoms with Crippen molar-refractivity contribution in [3.05, 3.63) is 35.5 Å². The van der Waals surface area contributed by atoms with Crippen LogP contribution in [-0.2, 0) is 22.5 Å². The van der Waals surface area contributed by atoms with E-state index in [0.717, 1.165) is 43.1 Å². The van der Waals surface area contributed by atoms with E-state index in [9.17, 15) is 20.0 Å². The molecule has 2 fully saturated rings. The van der Waals surface area contributed by atoms with E-state index in [2.05, 4.69) is 23.6 Å². The molecule has 8 heteroatoms. The highest BCUT2D eigenvalue weighted by Crippen LogP contribution is 2.30. The van der Waals surface area contributed by atoms with Gasteiger partial charge in [-0.15, -0.1) is 0 Å². The molecule has 4 rings (SSSR count). The van der Waals surface area contributed by atoms with Crippen LogP contribution in [0.25, 0.3) is 10.9 Å². The van der Waals surface area contributed by atoms with E-state index in [0.29, 0.717) is 25.1 Å². The number of amides is 2. The Labute approximate surface area is 188 Å². The van der Waals surface area contributed by atoms with Crippen LogP contribution in [0.5, 0.6) is 0 Å². The van der Waals surface area contributed by atoms with E-state index in [4.69, 9.17) is 4.74 Å². The summed E-state index contributed by atoms with van der Waals surface area (Å²) < 4.78 is 7.80. The molecule has 3 atom stereocenters. The first-order chi connectivity index (χ1) is 15.5. The second-order valence-electron chi connectivity index (χ2n) is 8.68. The molecule has 0 radical (unpaired) electrons. The second-order valence-corrected chi connectivity index (χ2v) is 8.68.